The Balaban J connectivity index is 2.08. The quantitative estimate of drug-likeness (QED) is 0.834. The molecule has 0 aliphatic heterocycles. The third-order valence-electron chi connectivity index (χ3n) is 2.07. The second-order valence-corrected chi connectivity index (χ2v) is 3.40. The molecule has 2 aromatic rings. The summed E-state index contributed by atoms with van der Waals surface area (Å²) in [6.45, 7) is 0. The Hall–Kier alpha value is -2.44. The van der Waals surface area contributed by atoms with Crippen LogP contribution in [0.1, 0.15) is 5.56 Å². The number of hydrogen-bond donors (Lipinski definition) is 1. The number of aromatic nitrogens is 4. The minimum atomic E-state index is -0.865. The molecule has 0 saturated heterocycles. The van der Waals surface area contributed by atoms with Crippen molar-refractivity contribution in [2.75, 3.05) is 0 Å². The first-order valence-corrected chi connectivity index (χ1v) is 4.86. The van der Waals surface area contributed by atoms with E-state index in [9.17, 15) is 4.79 Å². The van der Waals surface area contributed by atoms with Crippen molar-refractivity contribution in [3.05, 3.63) is 29.8 Å². The summed E-state index contributed by atoms with van der Waals surface area (Å²) in [7, 11) is 1.66. The van der Waals surface area contributed by atoms with Crippen LogP contribution in [0.25, 0.3) is 0 Å². The fourth-order valence-corrected chi connectivity index (χ4v) is 1.26. The largest absolute Gasteiger partial charge is 0.481 e. The number of carboxylic acids is 1. The van der Waals surface area contributed by atoms with Crippen LogP contribution >= 0.6 is 0 Å². The fraction of sp³-hybridized carbons (Fsp3) is 0.200. The summed E-state index contributed by atoms with van der Waals surface area (Å²) in [5, 5.41) is 19.3. The molecule has 88 valence electrons. The van der Waals surface area contributed by atoms with E-state index >= 15 is 0 Å². The van der Waals surface area contributed by atoms with Crippen LogP contribution in [-0.4, -0.2) is 31.3 Å². The van der Waals surface area contributed by atoms with E-state index in [2.05, 4.69) is 15.5 Å². The van der Waals surface area contributed by atoms with Gasteiger partial charge in [0.2, 0.25) is 0 Å². The van der Waals surface area contributed by atoms with Gasteiger partial charge in [-0.2, -0.15) is 4.68 Å². The topological polar surface area (TPSA) is 90.1 Å². The lowest BCUT2D eigenvalue weighted by Crippen LogP contribution is -2.00. The van der Waals surface area contributed by atoms with Crippen LogP contribution in [0.15, 0.2) is 24.3 Å². The lowest BCUT2D eigenvalue weighted by molar-refractivity contribution is -0.136. The molecular formula is C10H10N4O3. The summed E-state index contributed by atoms with van der Waals surface area (Å²) in [5.74, 6) is -0.312. The molecule has 1 aromatic carbocycles. The van der Waals surface area contributed by atoms with E-state index in [1.165, 1.54) is 4.68 Å². The van der Waals surface area contributed by atoms with Gasteiger partial charge in [-0.3, -0.25) is 4.79 Å². The second kappa shape index (κ2) is 4.60. The predicted octanol–water partition coefficient (Wildman–Crippen LogP) is 0.629. The van der Waals surface area contributed by atoms with Crippen LogP contribution in [0.2, 0.25) is 0 Å². The molecule has 0 atom stereocenters. The first-order chi connectivity index (χ1) is 8.15. The van der Waals surface area contributed by atoms with Gasteiger partial charge >= 0.3 is 12.0 Å². The molecule has 0 saturated carbocycles. The van der Waals surface area contributed by atoms with Crippen molar-refractivity contribution < 1.29 is 14.6 Å². The van der Waals surface area contributed by atoms with Gasteiger partial charge in [0.1, 0.15) is 5.75 Å². The molecule has 1 N–H and O–H groups in total. The van der Waals surface area contributed by atoms with Gasteiger partial charge in [-0.15, -0.1) is 0 Å². The molecule has 0 fully saturated rings. The van der Waals surface area contributed by atoms with Crippen LogP contribution in [-0.2, 0) is 18.3 Å². The molecule has 0 unspecified atom stereocenters. The highest BCUT2D eigenvalue weighted by Crippen LogP contribution is 2.18. The van der Waals surface area contributed by atoms with Crippen molar-refractivity contribution in [2.24, 2.45) is 7.05 Å². The van der Waals surface area contributed by atoms with Crippen molar-refractivity contribution in [1.82, 2.24) is 20.2 Å². The van der Waals surface area contributed by atoms with Gasteiger partial charge in [0.25, 0.3) is 0 Å². The Bertz CT molecular complexity index is 521. The third-order valence-corrected chi connectivity index (χ3v) is 2.07. The van der Waals surface area contributed by atoms with Crippen LogP contribution in [0.3, 0.4) is 0 Å². The Morgan fingerprint density at radius 2 is 2.12 bits per heavy atom. The second-order valence-electron chi connectivity index (χ2n) is 3.40. The van der Waals surface area contributed by atoms with Crippen LogP contribution in [0, 0.1) is 0 Å². The normalized spacial score (nSPS) is 10.2. The minimum absolute atomic E-state index is 0.00814. The fourth-order valence-electron chi connectivity index (χ4n) is 1.26. The zero-order valence-electron chi connectivity index (χ0n) is 9.07. The van der Waals surface area contributed by atoms with E-state index < -0.39 is 5.97 Å². The number of hydrogen-bond acceptors (Lipinski definition) is 5. The van der Waals surface area contributed by atoms with Gasteiger partial charge in [-0.1, -0.05) is 17.2 Å². The molecule has 2 rings (SSSR count). The number of aryl methyl sites for hydroxylation is 1. The molecule has 17 heavy (non-hydrogen) atoms. The van der Waals surface area contributed by atoms with Crippen LogP contribution < -0.4 is 4.74 Å². The maximum absolute atomic E-state index is 10.5. The summed E-state index contributed by atoms with van der Waals surface area (Å²) in [6, 6.07) is 7.00. The molecule has 7 heteroatoms. The van der Waals surface area contributed by atoms with Crippen LogP contribution in [0.5, 0.6) is 11.8 Å². The first kappa shape index (κ1) is 11.1. The monoisotopic (exact) mass is 234 g/mol. The average molecular weight is 234 g/mol. The predicted molar refractivity (Wildman–Crippen MR) is 56.7 cm³/mol. The highest BCUT2D eigenvalue weighted by Gasteiger charge is 2.05. The Kier molecular flexibility index (Phi) is 2.99. The van der Waals surface area contributed by atoms with E-state index in [1.54, 1.807) is 31.3 Å². The van der Waals surface area contributed by atoms with Crippen molar-refractivity contribution in [1.29, 1.82) is 0 Å². The lowest BCUT2D eigenvalue weighted by atomic mass is 10.1. The standard InChI is InChI=1S/C10H10N4O3/c1-14-10(11-12-13-14)17-8-4-2-7(3-5-8)6-9(15)16/h2-5H,6H2,1H3,(H,15,16). The first-order valence-electron chi connectivity index (χ1n) is 4.86. The summed E-state index contributed by atoms with van der Waals surface area (Å²) < 4.78 is 6.78. The maximum Gasteiger partial charge on any atom is 0.340 e. The summed E-state index contributed by atoms with van der Waals surface area (Å²) >= 11 is 0. The number of carboxylic acid groups (broad SMARTS) is 1. The molecule has 1 aromatic heterocycles. The Labute approximate surface area is 96.6 Å². The smallest absolute Gasteiger partial charge is 0.340 e. The van der Waals surface area contributed by atoms with Crippen molar-refractivity contribution >= 4 is 5.97 Å². The zero-order chi connectivity index (χ0) is 12.3. The van der Waals surface area contributed by atoms with Crippen molar-refractivity contribution in [3.63, 3.8) is 0 Å². The van der Waals surface area contributed by atoms with E-state index in [0.717, 1.165) is 0 Å². The number of aliphatic carboxylic acids is 1. The molecule has 0 spiro atoms. The SMILES string of the molecule is Cn1nnnc1Oc1ccc(CC(=O)O)cc1. The van der Waals surface area contributed by atoms with Gasteiger partial charge in [-0.25, -0.2) is 0 Å². The maximum atomic E-state index is 10.5. The lowest BCUT2D eigenvalue weighted by Gasteiger charge is -2.03. The summed E-state index contributed by atoms with van der Waals surface area (Å²) in [6.07, 6.45) is -0.00814. The van der Waals surface area contributed by atoms with Gasteiger partial charge < -0.3 is 9.84 Å². The van der Waals surface area contributed by atoms with Crippen molar-refractivity contribution in [2.45, 2.75) is 6.42 Å². The average Bonchev–Trinajstić information content (AvgIpc) is 2.67. The van der Waals surface area contributed by atoms with E-state index in [-0.39, 0.29) is 12.4 Å². The summed E-state index contributed by atoms with van der Waals surface area (Å²) in [5.41, 5.74) is 0.709. The highest BCUT2D eigenvalue weighted by molar-refractivity contribution is 5.70. The number of benzene rings is 1. The van der Waals surface area contributed by atoms with E-state index in [1.807, 2.05) is 0 Å². The molecule has 0 aliphatic carbocycles. The number of carbonyl (C=O) groups is 1. The number of nitrogens with zero attached hydrogens (tertiary/aromatic N) is 4. The highest BCUT2D eigenvalue weighted by atomic mass is 16.5. The van der Waals surface area contributed by atoms with Crippen LogP contribution in [0.4, 0.5) is 0 Å². The molecule has 0 aliphatic rings. The zero-order valence-corrected chi connectivity index (χ0v) is 9.07. The van der Waals surface area contributed by atoms with Gasteiger partial charge in [0.05, 0.1) is 6.42 Å². The number of tetrazole rings is 1. The van der Waals surface area contributed by atoms with Gasteiger partial charge in [0, 0.05) is 7.05 Å². The van der Waals surface area contributed by atoms with Gasteiger partial charge in [-0.05, 0) is 28.1 Å². The molecule has 7 nitrogen and oxygen atoms in total. The third kappa shape index (κ3) is 2.77. The number of ether oxygens (including phenoxy) is 1. The molecule has 0 amide bonds. The Morgan fingerprint density at radius 3 is 2.65 bits per heavy atom. The van der Waals surface area contributed by atoms with Crippen molar-refractivity contribution in [3.8, 4) is 11.8 Å². The Morgan fingerprint density at radius 1 is 1.41 bits per heavy atom. The summed E-state index contributed by atoms with van der Waals surface area (Å²) in [4.78, 5) is 10.5. The molecule has 1 heterocycles. The molecule has 0 bridgehead atoms. The number of rotatable bonds is 4. The molecule has 0 radical (unpaired) electrons. The molecular weight excluding hydrogens is 224 g/mol. The van der Waals surface area contributed by atoms with Gasteiger partial charge in [0.15, 0.2) is 0 Å². The van der Waals surface area contributed by atoms with E-state index in [0.29, 0.717) is 11.3 Å². The minimum Gasteiger partial charge on any atom is -0.481 e. The van der Waals surface area contributed by atoms with E-state index in [4.69, 9.17) is 9.84 Å².